The second-order valence-corrected chi connectivity index (χ2v) is 3.46. The third-order valence-electron chi connectivity index (χ3n) is 1.99. The van der Waals surface area contributed by atoms with Gasteiger partial charge in [-0.3, -0.25) is 0 Å². The van der Waals surface area contributed by atoms with E-state index >= 15 is 0 Å². The minimum Gasteiger partial charge on any atom is -0.0654 e. The summed E-state index contributed by atoms with van der Waals surface area (Å²) in [6.45, 7) is 11.5. The molecule has 1 unspecified atom stereocenters. The van der Waals surface area contributed by atoms with Crippen molar-refractivity contribution >= 4 is 0 Å². The van der Waals surface area contributed by atoms with E-state index in [1.807, 2.05) is 6.92 Å². The van der Waals surface area contributed by atoms with Crippen molar-refractivity contribution in [1.82, 2.24) is 0 Å². The minimum absolute atomic E-state index is 0.154. The fraction of sp³-hybridized carbons (Fsp3) is 0.909. The first kappa shape index (κ1) is 11.0. The summed E-state index contributed by atoms with van der Waals surface area (Å²) >= 11 is 0. The normalized spacial score (nSPS) is 10.9. The molecule has 0 aliphatic heterocycles. The van der Waals surface area contributed by atoms with Crippen LogP contribution in [0.25, 0.3) is 0 Å². The van der Waals surface area contributed by atoms with Crippen molar-refractivity contribution in [3.05, 3.63) is 6.92 Å². The third-order valence-corrected chi connectivity index (χ3v) is 1.99. The van der Waals surface area contributed by atoms with Crippen molar-refractivity contribution in [3.63, 3.8) is 0 Å². The summed E-state index contributed by atoms with van der Waals surface area (Å²) in [7, 11) is 0. The van der Waals surface area contributed by atoms with Crippen molar-refractivity contribution in [1.29, 1.82) is 0 Å². The molecule has 3 radical (unpaired) electrons. The molecule has 0 saturated carbocycles. The average Bonchev–Trinajstić information content (AvgIpc) is 1.96. The molecule has 0 amide bonds. The van der Waals surface area contributed by atoms with Gasteiger partial charge in [-0.25, -0.2) is 0 Å². The number of hydrogen-bond acceptors (Lipinski definition) is 0. The fourth-order valence-corrected chi connectivity index (χ4v) is 1.23. The molecule has 0 rings (SSSR count). The van der Waals surface area contributed by atoms with Gasteiger partial charge in [-0.1, -0.05) is 58.8 Å². The third kappa shape index (κ3) is 10.0. The minimum atomic E-state index is 0.154. The lowest BCUT2D eigenvalue weighted by Gasteiger charge is -2.02. The second kappa shape index (κ2) is 8.10. The Morgan fingerprint density at radius 2 is 1.55 bits per heavy atom. The van der Waals surface area contributed by atoms with Crippen LogP contribution >= 0.6 is 0 Å². The van der Waals surface area contributed by atoms with E-state index in [-0.39, 0.29) is 5.92 Å². The van der Waals surface area contributed by atoms with Gasteiger partial charge in [-0.2, -0.15) is 0 Å². The molecule has 0 aliphatic carbocycles. The lowest BCUT2D eigenvalue weighted by atomic mass is 10.0. The summed E-state index contributed by atoms with van der Waals surface area (Å²) in [6, 6.07) is 0. The number of rotatable bonds is 7. The van der Waals surface area contributed by atoms with Crippen LogP contribution in [0.5, 0.6) is 0 Å². The Labute approximate surface area is 72.4 Å². The summed E-state index contributed by atoms with van der Waals surface area (Å²) in [5.74, 6) is 0.154. The molecule has 0 nitrogen and oxygen atoms in total. The Bertz CT molecular complexity index is 64.4. The van der Waals surface area contributed by atoms with Crippen molar-refractivity contribution in [3.8, 4) is 0 Å². The molecular formula is C11H21. The van der Waals surface area contributed by atoms with Gasteiger partial charge in [0.2, 0.25) is 0 Å². The molecule has 0 aliphatic rings. The van der Waals surface area contributed by atoms with Gasteiger partial charge in [0.25, 0.3) is 0 Å². The lowest BCUT2D eigenvalue weighted by molar-refractivity contribution is 0.541. The Morgan fingerprint density at radius 3 is 2.09 bits per heavy atom. The van der Waals surface area contributed by atoms with Crippen LogP contribution in [0.3, 0.4) is 0 Å². The van der Waals surface area contributed by atoms with E-state index < -0.39 is 0 Å². The highest BCUT2D eigenvalue weighted by molar-refractivity contribution is 4.54. The molecule has 0 bridgehead atoms. The van der Waals surface area contributed by atoms with Crippen molar-refractivity contribution in [2.24, 2.45) is 5.92 Å². The molecule has 0 heterocycles. The fourth-order valence-electron chi connectivity index (χ4n) is 1.23. The molecule has 0 saturated heterocycles. The molecule has 65 valence electrons. The van der Waals surface area contributed by atoms with Crippen molar-refractivity contribution in [2.75, 3.05) is 0 Å². The SMILES string of the molecule is [C]C(C)CCCCCCCC. The first-order chi connectivity index (χ1) is 5.27. The van der Waals surface area contributed by atoms with Crippen molar-refractivity contribution in [2.45, 2.75) is 58.8 Å². The maximum Gasteiger partial charge on any atom is -0.00597 e. The molecule has 11 heavy (non-hydrogen) atoms. The van der Waals surface area contributed by atoms with E-state index in [1.165, 1.54) is 38.5 Å². The van der Waals surface area contributed by atoms with E-state index in [2.05, 4.69) is 6.92 Å². The Hall–Kier alpha value is 0. The van der Waals surface area contributed by atoms with Crippen LogP contribution in [-0.2, 0) is 0 Å². The zero-order chi connectivity index (χ0) is 8.53. The summed E-state index contributed by atoms with van der Waals surface area (Å²) in [6.07, 6.45) is 9.17. The molecular weight excluding hydrogens is 132 g/mol. The van der Waals surface area contributed by atoms with Gasteiger partial charge >= 0.3 is 0 Å². The van der Waals surface area contributed by atoms with E-state index in [0.717, 1.165) is 6.42 Å². The van der Waals surface area contributed by atoms with E-state index in [0.29, 0.717) is 0 Å². The van der Waals surface area contributed by atoms with Gasteiger partial charge < -0.3 is 0 Å². The summed E-state index contributed by atoms with van der Waals surface area (Å²) in [5, 5.41) is 0. The Morgan fingerprint density at radius 1 is 1.00 bits per heavy atom. The van der Waals surface area contributed by atoms with E-state index in [1.54, 1.807) is 0 Å². The highest BCUT2D eigenvalue weighted by Crippen LogP contribution is 2.10. The van der Waals surface area contributed by atoms with Crippen LogP contribution in [0.4, 0.5) is 0 Å². The average molecular weight is 153 g/mol. The molecule has 0 aromatic heterocycles. The van der Waals surface area contributed by atoms with Crippen molar-refractivity contribution < 1.29 is 0 Å². The first-order valence-corrected chi connectivity index (χ1v) is 4.98. The van der Waals surface area contributed by atoms with Gasteiger partial charge in [-0.05, 0) is 12.8 Å². The zero-order valence-electron chi connectivity index (χ0n) is 8.03. The van der Waals surface area contributed by atoms with Crippen LogP contribution in [0.1, 0.15) is 58.8 Å². The molecule has 0 heteroatoms. The number of hydrogen-bond donors (Lipinski definition) is 0. The maximum atomic E-state index is 7.29. The van der Waals surface area contributed by atoms with Gasteiger partial charge in [0.05, 0.1) is 0 Å². The zero-order valence-corrected chi connectivity index (χ0v) is 8.03. The van der Waals surface area contributed by atoms with Crippen LogP contribution in [0.15, 0.2) is 0 Å². The standard InChI is InChI=1S/C11H21/c1-4-5-6-7-8-9-10-11(2)3/h11H,4-10H2,1-2H3. The lowest BCUT2D eigenvalue weighted by Crippen LogP contribution is -1.87. The van der Waals surface area contributed by atoms with Crippen LogP contribution in [0.2, 0.25) is 0 Å². The molecule has 0 aromatic rings. The van der Waals surface area contributed by atoms with Crippen LogP contribution in [-0.4, -0.2) is 0 Å². The topological polar surface area (TPSA) is 0 Å². The van der Waals surface area contributed by atoms with Crippen LogP contribution in [0, 0.1) is 12.8 Å². The largest absolute Gasteiger partial charge is 0.0654 e. The predicted octanol–water partition coefficient (Wildman–Crippen LogP) is 3.96. The molecule has 0 fully saturated rings. The van der Waals surface area contributed by atoms with Gasteiger partial charge in [0.1, 0.15) is 0 Å². The van der Waals surface area contributed by atoms with Gasteiger partial charge in [0, 0.05) is 0 Å². The number of unbranched alkanes of at least 4 members (excludes halogenated alkanes) is 5. The van der Waals surface area contributed by atoms with Crippen LogP contribution < -0.4 is 0 Å². The highest BCUT2D eigenvalue weighted by Gasteiger charge is 1.93. The van der Waals surface area contributed by atoms with E-state index in [4.69, 9.17) is 6.92 Å². The van der Waals surface area contributed by atoms with E-state index in [9.17, 15) is 0 Å². The maximum absolute atomic E-state index is 7.29. The van der Waals surface area contributed by atoms with Gasteiger partial charge in [-0.15, -0.1) is 0 Å². The second-order valence-electron chi connectivity index (χ2n) is 3.46. The smallest absolute Gasteiger partial charge is 0.00597 e. The summed E-state index contributed by atoms with van der Waals surface area (Å²) in [4.78, 5) is 0. The highest BCUT2D eigenvalue weighted by atomic mass is 14.0. The van der Waals surface area contributed by atoms with Gasteiger partial charge in [0.15, 0.2) is 0 Å². The monoisotopic (exact) mass is 153 g/mol. The quantitative estimate of drug-likeness (QED) is 0.486. The Balaban J connectivity index is 2.80. The summed E-state index contributed by atoms with van der Waals surface area (Å²) in [5.41, 5.74) is 0. The molecule has 0 N–H and O–H groups in total. The molecule has 0 aromatic carbocycles. The Kier molecular flexibility index (Phi) is 8.10. The first-order valence-electron chi connectivity index (χ1n) is 4.98. The molecule has 0 spiro atoms. The summed E-state index contributed by atoms with van der Waals surface area (Å²) < 4.78 is 0. The predicted molar refractivity (Wildman–Crippen MR) is 50.4 cm³/mol. The molecule has 1 atom stereocenters.